The summed E-state index contributed by atoms with van der Waals surface area (Å²) in [6.07, 6.45) is 0.369. The number of hydrogen-bond donors (Lipinski definition) is 0. The van der Waals surface area contributed by atoms with Crippen LogP contribution >= 0.6 is 11.8 Å². The van der Waals surface area contributed by atoms with Crippen molar-refractivity contribution in [3.8, 4) is 0 Å². The topological polar surface area (TPSA) is 116 Å². The monoisotopic (exact) mass is 364 g/mol. The van der Waals surface area contributed by atoms with E-state index in [0.29, 0.717) is 12.0 Å². The number of benzene rings is 1. The van der Waals surface area contributed by atoms with Crippen molar-refractivity contribution in [2.24, 2.45) is 0 Å². The minimum absolute atomic E-state index is 0.0532. The molecule has 0 radical (unpaired) electrons. The van der Waals surface area contributed by atoms with Gasteiger partial charge >= 0.3 is 11.9 Å². The van der Waals surface area contributed by atoms with E-state index in [4.69, 9.17) is 9.47 Å². The third-order valence-corrected chi connectivity index (χ3v) is 5.96. The van der Waals surface area contributed by atoms with Crippen LogP contribution in [-0.2, 0) is 30.5 Å². The van der Waals surface area contributed by atoms with Gasteiger partial charge in [-0.2, -0.15) is 0 Å². The average molecular weight is 364 g/mol. The molecule has 1 aromatic rings. The fourth-order valence-corrected chi connectivity index (χ4v) is 4.93. The summed E-state index contributed by atoms with van der Waals surface area (Å²) < 4.78 is 10.5. The summed E-state index contributed by atoms with van der Waals surface area (Å²) in [6.45, 7) is -0.139. The van der Waals surface area contributed by atoms with Crippen LogP contribution in [0, 0.1) is 10.1 Å². The number of hydrogen-bond acceptors (Lipinski definition) is 8. The lowest BCUT2D eigenvalue weighted by molar-refractivity contribution is -0.384. The lowest BCUT2D eigenvalue weighted by Gasteiger charge is -2.41. The first-order valence-electron chi connectivity index (χ1n) is 7.52. The minimum Gasteiger partial charge on any atom is -0.456 e. The van der Waals surface area contributed by atoms with Gasteiger partial charge in [-0.3, -0.25) is 24.6 Å². The van der Waals surface area contributed by atoms with Crippen LogP contribution in [0.5, 0.6) is 0 Å². The quantitative estimate of drug-likeness (QED) is 0.336. The van der Waals surface area contributed by atoms with Crippen molar-refractivity contribution in [2.45, 2.75) is 35.8 Å². The van der Waals surface area contributed by atoms with Crippen molar-refractivity contribution in [1.82, 2.24) is 4.90 Å². The normalized spacial score (nSPS) is 29.5. The van der Waals surface area contributed by atoms with Crippen molar-refractivity contribution < 1.29 is 28.8 Å². The lowest BCUT2D eigenvalue weighted by atomic mass is 10.0. The second kappa shape index (κ2) is 5.45. The summed E-state index contributed by atoms with van der Waals surface area (Å²) in [5.74, 6) is -1.57. The predicted octanol–water partition coefficient (Wildman–Crippen LogP) is 0.955. The maximum absolute atomic E-state index is 12.7. The standard InChI is InChI=1S/C15H12N2O7S/c18-11-6-12-16(11)15(10(25-12)5-13(19)24-15)14(20)23-7-8-1-3-9(4-2-8)17(21)22/h1-4,10,12H,5-7H2. The fraction of sp³-hybridized carbons (Fsp3) is 0.400. The summed E-state index contributed by atoms with van der Waals surface area (Å²) in [4.78, 5) is 47.7. The number of carbonyl (C=O) groups excluding carboxylic acids is 3. The Hall–Kier alpha value is -2.62. The zero-order valence-electron chi connectivity index (χ0n) is 12.7. The van der Waals surface area contributed by atoms with Crippen molar-refractivity contribution >= 4 is 35.3 Å². The molecule has 1 aromatic carbocycles. The summed E-state index contributed by atoms with van der Waals surface area (Å²) in [5.41, 5.74) is -1.20. The maximum atomic E-state index is 12.7. The number of thioether (sulfide) groups is 1. The summed E-state index contributed by atoms with van der Waals surface area (Å²) in [7, 11) is 0. The van der Waals surface area contributed by atoms with E-state index in [9.17, 15) is 24.5 Å². The number of amides is 1. The molecule has 0 saturated carbocycles. The summed E-state index contributed by atoms with van der Waals surface area (Å²) >= 11 is 1.38. The van der Waals surface area contributed by atoms with Crippen LogP contribution < -0.4 is 0 Å². The smallest absolute Gasteiger partial charge is 0.374 e. The molecule has 3 unspecified atom stereocenters. The summed E-state index contributed by atoms with van der Waals surface area (Å²) in [5, 5.41) is 10.0. The molecule has 10 heteroatoms. The second-order valence-electron chi connectivity index (χ2n) is 5.92. The number of esters is 2. The molecule has 3 aliphatic heterocycles. The van der Waals surface area contributed by atoms with Gasteiger partial charge < -0.3 is 9.47 Å². The highest BCUT2D eigenvalue weighted by atomic mass is 32.2. The zero-order valence-corrected chi connectivity index (χ0v) is 13.6. The SMILES string of the molecule is O=C1CC2SC3CC(=O)N3C2(C(=O)OCc2ccc([N+](=O)[O-])cc2)O1. The Bertz CT molecular complexity index is 796. The van der Waals surface area contributed by atoms with Crippen LogP contribution in [0.3, 0.4) is 0 Å². The molecular formula is C15H12N2O7S. The number of carbonyl (C=O) groups is 3. The molecule has 3 atom stereocenters. The van der Waals surface area contributed by atoms with E-state index in [1.165, 1.54) is 40.9 Å². The van der Waals surface area contributed by atoms with E-state index in [-0.39, 0.29) is 30.0 Å². The van der Waals surface area contributed by atoms with Crippen LogP contribution in [0.1, 0.15) is 18.4 Å². The third-order valence-electron chi connectivity index (χ3n) is 4.45. The number of nitrogens with zero attached hydrogens (tertiary/aromatic N) is 2. The molecule has 4 rings (SSSR count). The van der Waals surface area contributed by atoms with Crippen LogP contribution in [0.15, 0.2) is 24.3 Å². The van der Waals surface area contributed by atoms with Gasteiger partial charge in [0.05, 0.1) is 28.4 Å². The van der Waals surface area contributed by atoms with Crippen LogP contribution in [0.4, 0.5) is 5.69 Å². The second-order valence-corrected chi connectivity index (χ2v) is 7.31. The van der Waals surface area contributed by atoms with Crippen LogP contribution in [0.25, 0.3) is 0 Å². The lowest BCUT2D eigenvalue weighted by Crippen LogP contribution is -2.64. The first kappa shape index (κ1) is 15.9. The van der Waals surface area contributed by atoms with Crippen molar-refractivity contribution in [3.63, 3.8) is 0 Å². The van der Waals surface area contributed by atoms with E-state index in [1.807, 2.05) is 0 Å². The third kappa shape index (κ3) is 2.28. The highest BCUT2D eigenvalue weighted by Crippen LogP contribution is 2.55. The molecule has 1 amide bonds. The van der Waals surface area contributed by atoms with Gasteiger partial charge in [0.2, 0.25) is 5.91 Å². The van der Waals surface area contributed by atoms with Gasteiger partial charge in [0.15, 0.2) is 0 Å². The van der Waals surface area contributed by atoms with Gasteiger partial charge in [-0.1, -0.05) is 0 Å². The molecule has 130 valence electrons. The van der Waals surface area contributed by atoms with Gasteiger partial charge in [0.25, 0.3) is 11.4 Å². The minimum atomic E-state index is -1.68. The molecule has 0 aromatic heterocycles. The number of β-lactam (4-membered cyclic amide) rings is 1. The predicted molar refractivity (Wildman–Crippen MR) is 83.0 cm³/mol. The number of nitro groups is 1. The van der Waals surface area contributed by atoms with Gasteiger partial charge in [-0.05, 0) is 17.7 Å². The Morgan fingerprint density at radius 3 is 2.72 bits per heavy atom. The summed E-state index contributed by atoms with van der Waals surface area (Å²) in [6, 6.07) is 5.56. The Balaban J connectivity index is 1.50. The molecule has 0 aliphatic carbocycles. The fourth-order valence-electron chi connectivity index (χ4n) is 3.24. The molecule has 0 spiro atoms. The highest BCUT2D eigenvalue weighted by Gasteiger charge is 2.72. The first-order chi connectivity index (χ1) is 11.9. The number of rotatable bonds is 4. The van der Waals surface area contributed by atoms with E-state index in [0.717, 1.165) is 0 Å². The Morgan fingerprint density at radius 2 is 2.08 bits per heavy atom. The average Bonchev–Trinajstić information content (AvgIpc) is 3.00. The first-order valence-corrected chi connectivity index (χ1v) is 8.46. The number of non-ortho nitro benzene ring substituents is 1. The molecule has 9 nitrogen and oxygen atoms in total. The highest BCUT2D eigenvalue weighted by molar-refractivity contribution is 8.01. The van der Waals surface area contributed by atoms with E-state index < -0.39 is 27.8 Å². The Morgan fingerprint density at radius 1 is 1.36 bits per heavy atom. The molecule has 0 N–H and O–H groups in total. The van der Waals surface area contributed by atoms with Crippen LogP contribution in [-0.4, -0.2) is 44.0 Å². The van der Waals surface area contributed by atoms with E-state index >= 15 is 0 Å². The number of fused-ring (bicyclic) bond motifs is 3. The molecule has 3 heterocycles. The van der Waals surface area contributed by atoms with Crippen LogP contribution in [0.2, 0.25) is 0 Å². The van der Waals surface area contributed by atoms with Gasteiger partial charge in [-0.15, -0.1) is 11.8 Å². The van der Waals surface area contributed by atoms with Gasteiger partial charge in [0, 0.05) is 12.1 Å². The molecule has 3 fully saturated rings. The maximum Gasteiger partial charge on any atom is 0.374 e. The molecular weight excluding hydrogens is 352 g/mol. The van der Waals surface area contributed by atoms with Crippen molar-refractivity contribution in [1.29, 1.82) is 0 Å². The molecule has 25 heavy (non-hydrogen) atoms. The van der Waals surface area contributed by atoms with E-state index in [1.54, 1.807) is 0 Å². The number of nitro benzene ring substituents is 1. The van der Waals surface area contributed by atoms with E-state index in [2.05, 4.69) is 0 Å². The molecule has 3 aliphatic rings. The zero-order chi connectivity index (χ0) is 17.8. The van der Waals surface area contributed by atoms with Crippen molar-refractivity contribution in [2.75, 3.05) is 0 Å². The Labute approximate surface area is 145 Å². The largest absolute Gasteiger partial charge is 0.456 e. The molecule has 0 bridgehead atoms. The van der Waals surface area contributed by atoms with Crippen molar-refractivity contribution in [3.05, 3.63) is 39.9 Å². The number of ether oxygens (including phenoxy) is 2. The Kier molecular flexibility index (Phi) is 3.46. The van der Waals surface area contributed by atoms with Gasteiger partial charge in [-0.25, -0.2) is 4.79 Å². The van der Waals surface area contributed by atoms with Gasteiger partial charge in [0.1, 0.15) is 6.61 Å². The molecule has 3 saturated heterocycles.